The third-order valence-electron chi connectivity index (χ3n) is 4.41. The standard InChI is InChI=1S/C21H13NO/c1-2-5-17-14(4-1)8-9-15-12-16(10-11-18(15)17)19-6-3-7-20-21(19)23-13-22-20/h1-13H. The molecular formula is C21H13NO. The average molecular weight is 295 g/mol. The predicted molar refractivity (Wildman–Crippen MR) is 94.5 cm³/mol. The van der Waals surface area contributed by atoms with Crippen molar-refractivity contribution < 1.29 is 4.42 Å². The maximum absolute atomic E-state index is 5.57. The fourth-order valence-corrected chi connectivity index (χ4v) is 3.29. The van der Waals surface area contributed by atoms with Crippen LogP contribution in [-0.4, -0.2) is 4.98 Å². The van der Waals surface area contributed by atoms with Crippen LogP contribution in [0.1, 0.15) is 0 Å². The van der Waals surface area contributed by atoms with Crippen LogP contribution in [0.25, 0.3) is 43.8 Å². The van der Waals surface area contributed by atoms with Crippen molar-refractivity contribution in [3.05, 3.63) is 79.2 Å². The van der Waals surface area contributed by atoms with E-state index in [-0.39, 0.29) is 0 Å². The quantitative estimate of drug-likeness (QED) is 0.365. The molecule has 0 aliphatic rings. The maximum atomic E-state index is 5.57. The highest BCUT2D eigenvalue weighted by atomic mass is 16.3. The molecule has 0 bridgehead atoms. The summed E-state index contributed by atoms with van der Waals surface area (Å²) in [7, 11) is 0. The molecular weight excluding hydrogens is 282 g/mol. The zero-order valence-electron chi connectivity index (χ0n) is 12.4. The smallest absolute Gasteiger partial charge is 0.182 e. The van der Waals surface area contributed by atoms with Gasteiger partial charge in [-0.15, -0.1) is 0 Å². The first-order valence-corrected chi connectivity index (χ1v) is 7.64. The molecule has 0 N–H and O–H groups in total. The lowest BCUT2D eigenvalue weighted by molar-refractivity contribution is 0.603. The largest absolute Gasteiger partial charge is 0.443 e. The number of nitrogens with zero attached hydrogens (tertiary/aromatic N) is 1. The van der Waals surface area contributed by atoms with Crippen molar-refractivity contribution in [1.29, 1.82) is 0 Å². The molecule has 5 rings (SSSR count). The molecule has 0 amide bonds. The SMILES string of the molecule is c1ccc2c(c1)ccc1cc(-c3cccc4ncoc34)ccc12. The van der Waals surface area contributed by atoms with E-state index in [1.165, 1.54) is 27.9 Å². The maximum Gasteiger partial charge on any atom is 0.182 e. The van der Waals surface area contributed by atoms with Gasteiger partial charge in [0.15, 0.2) is 12.0 Å². The summed E-state index contributed by atoms with van der Waals surface area (Å²) in [6, 6.07) is 25.5. The van der Waals surface area contributed by atoms with Crippen molar-refractivity contribution in [2.45, 2.75) is 0 Å². The van der Waals surface area contributed by atoms with Gasteiger partial charge in [-0.05, 0) is 39.2 Å². The van der Waals surface area contributed by atoms with Gasteiger partial charge in [-0.1, -0.05) is 60.7 Å². The van der Waals surface area contributed by atoms with E-state index in [1.807, 2.05) is 12.1 Å². The number of aromatic nitrogens is 1. The van der Waals surface area contributed by atoms with Crippen LogP contribution < -0.4 is 0 Å². The van der Waals surface area contributed by atoms with Gasteiger partial charge in [0.2, 0.25) is 0 Å². The zero-order valence-corrected chi connectivity index (χ0v) is 12.4. The third-order valence-corrected chi connectivity index (χ3v) is 4.41. The molecule has 5 aromatic rings. The number of para-hydroxylation sites is 1. The van der Waals surface area contributed by atoms with E-state index in [2.05, 4.69) is 65.6 Å². The molecule has 0 unspecified atom stereocenters. The van der Waals surface area contributed by atoms with Gasteiger partial charge in [-0.25, -0.2) is 4.98 Å². The molecule has 0 spiro atoms. The highest BCUT2D eigenvalue weighted by Crippen LogP contribution is 2.32. The number of benzene rings is 4. The first kappa shape index (κ1) is 12.4. The molecule has 0 aliphatic carbocycles. The lowest BCUT2D eigenvalue weighted by Gasteiger charge is -2.07. The number of oxazole rings is 1. The number of hydrogen-bond donors (Lipinski definition) is 0. The number of fused-ring (bicyclic) bond motifs is 4. The summed E-state index contributed by atoms with van der Waals surface area (Å²) in [5.74, 6) is 0. The normalized spacial score (nSPS) is 11.5. The molecule has 4 aromatic carbocycles. The first-order valence-electron chi connectivity index (χ1n) is 7.64. The van der Waals surface area contributed by atoms with Crippen molar-refractivity contribution in [2.75, 3.05) is 0 Å². The van der Waals surface area contributed by atoms with Crippen LogP contribution in [0.5, 0.6) is 0 Å². The monoisotopic (exact) mass is 295 g/mol. The molecule has 1 heterocycles. The van der Waals surface area contributed by atoms with Gasteiger partial charge >= 0.3 is 0 Å². The molecule has 2 heteroatoms. The highest BCUT2D eigenvalue weighted by Gasteiger charge is 2.09. The van der Waals surface area contributed by atoms with E-state index in [1.54, 1.807) is 0 Å². The minimum absolute atomic E-state index is 0.840. The van der Waals surface area contributed by atoms with Crippen LogP contribution in [0.2, 0.25) is 0 Å². The first-order chi connectivity index (χ1) is 11.4. The Labute approximate surface area is 133 Å². The second-order valence-electron chi connectivity index (χ2n) is 5.73. The molecule has 1 aromatic heterocycles. The van der Waals surface area contributed by atoms with Crippen LogP contribution in [0.3, 0.4) is 0 Å². The van der Waals surface area contributed by atoms with Gasteiger partial charge in [-0.2, -0.15) is 0 Å². The molecule has 0 saturated heterocycles. The zero-order chi connectivity index (χ0) is 15.2. The van der Waals surface area contributed by atoms with E-state index in [0.29, 0.717) is 0 Å². The Morgan fingerprint density at radius 1 is 0.696 bits per heavy atom. The Bertz CT molecular complexity index is 1170. The van der Waals surface area contributed by atoms with Crippen LogP contribution in [0.15, 0.2) is 83.6 Å². The van der Waals surface area contributed by atoms with E-state index >= 15 is 0 Å². The van der Waals surface area contributed by atoms with Crippen molar-refractivity contribution in [3.63, 3.8) is 0 Å². The van der Waals surface area contributed by atoms with Gasteiger partial charge in [-0.3, -0.25) is 0 Å². The lowest BCUT2D eigenvalue weighted by atomic mass is 9.97. The number of hydrogen-bond acceptors (Lipinski definition) is 2. The molecule has 2 nitrogen and oxygen atoms in total. The molecule has 0 saturated carbocycles. The fraction of sp³-hybridized carbons (Fsp3) is 0. The summed E-state index contributed by atoms with van der Waals surface area (Å²) in [6.07, 6.45) is 1.50. The second-order valence-corrected chi connectivity index (χ2v) is 5.73. The van der Waals surface area contributed by atoms with Crippen molar-refractivity contribution >= 4 is 32.6 Å². The van der Waals surface area contributed by atoms with E-state index in [9.17, 15) is 0 Å². The lowest BCUT2D eigenvalue weighted by Crippen LogP contribution is -1.82. The Hall–Kier alpha value is -3.13. The summed E-state index contributed by atoms with van der Waals surface area (Å²) < 4.78 is 5.57. The third kappa shape index (κ3) is 1.85. The van der Waals surface area contributed by atoms with Gasteiger partial charge in [0.05, 0.1) is 0 Å². The second kappa shape index (κ2) is 4.68. The van der Waals surface area contributed by atoms with Gasteiger partial charge in [0.25, 0.3) is 0 Å². The van der Waals surface area contributed by atoms with Crippen molar-refractivity contribution in [2.24, 2.45) is 0 Å². The van der Waals surface area contributed by atoms with Crippen LogP contribution in [-0.2, 0) is 0 Å². The van der Waals surface area contributed by atoms with Gasteiger partial charge in [0, 0.05) is 5.56 Å². The Morgan fingerprint density at radius 2 is 1.57 bits per heavy atom. The Balaban J connectivity index is 1.80. The molecule has 0 aliphatic heterocycles. The Morgan fingerprint density at radius 3 is 2.57 bits per heavy atom. The van der Waals surface area contributed by atoms with Gasteiger partial charge in [0.1, 0.15) is 5.52 Å². The number of rotatable bonds is 1. The molecule has 0 atom stereocenters. The van der Waals surface area contributed by atoms with Gasteiger partial charge < -0.3 is 4.42 Å². The van der Waals surface area contributed by atoms with E-state index < -0.39 is 0 Å². The summed E-state index contributed by atoms with van der Waals surface area (Å²) >= 11 is 0. The minimum atomic E-state index is 0.840. The summed E-state index contributed by atoms with van der Waals surface area (Å²) in [5, 5.41) is 5.06. The summed E-state index contributed by atoms with van der Waals surface area (Å²) in [5.41, 5.74) is 3.96. The Kier molecular flexibility index (Phi) is 2.53. The van der Waals surface area contributed by atoms with Crippen LogP contribution in [0.4, 0.5) is 0 Å². The molecule has 0 fully saturated rings. The average Bonchev–Trinajstić information content (AvgIpc) is 3.10. The molecule has 108 valence electrons. The predicted octanol–water partition coefficient (Wildman–Crippen LogP) is 5.80. The minimum Gasteiger partial charge on any atom is -0.443 e. The van der Waals surface area contributed by atoms with Crippen molar-refractivity contribution in [3.8, 4) is 11.1 Å². The summed E-state index contributed by atoms with van der Waals surface area (Å²) in [6.45, 7) is 0. The highest BCUT2D eigenvalue weighted by molar-refractivity contribution is 6.08. The molecule has 23 heavy (non-hydrogen) atoms. The molecule has 0 radical (unpaired) electrons. The van der Waals surface area contributed by atoms with E-state index in [0.717, 1.165) is 22.2 Å². The van der Waals surface area contributed by atoms with Crippen LogP contribution >= 0.6 is 0 Å². The topological polar surface area (TPSA) is 26.0 Å². The fourth-order valence-electron chi connectivity index (χ4n) is 3.29. The van der Waals surface area contributed by atoms with Crippen molar-refractivity contribution in [1.82, 2.24) is 4.98 Å². The van der Waals surface area contributed by atoms with E-state index in [4.69, 9.17) is 4.42 Å². The van der Waals surface area contributed by atoms with Crippen LogP contribution in [0, 0.1) is 0 Å². The summed E-state index contributed by atoms with van der Waals surface area (Å²) in [4.78, 5) is 4.24.